The van der Waals surface area contributed by atoms with Gasteiger partial charge in [-0.3, -0.25) is 4.79 Å². The number of benzene rings is 1. The van der Waals surface area contributed by atoms with Crippen molar-refractivity contribution in [2.45, 2.75) is 43.9 Å². The maximum absolute atomic E-state index is 12.9. The third kappa shape index (κ3) is 4.00. The zero-order chi connectivity index (χ0) is 23.5. The molecular weight excluding hydrogens is 445 g/mol. The molecule has 7 nitrogen and oxygen atoms in total. The number of aryl methyl sites for hydroxylation is 1. The van der Waals surface area contributed by atoms with Crippen molar-refractivity contribution in [2.75, 3.05) is 13.1 Å². The van der Waals surface area contributed by atoms with Gasteiger partial charge in [0.05, 0.1) is 22.6 Å². The minimum Gasteiger partial charge on any atom is -0.348 e. The number of nitriles is 1. The highest BCUT2D eigenvalue weighted by Gasteiger charge is 2.42. The quantitative estimate of drug-likeness (QED) is 0.723. The second-order valence-corrected chi connectivity index (χ2v) is 10.4. The number of nitrogens with one attached hydrogen (secondary N) is 2. The Bertz CT molecular complexity index is 1240. The Balaban J connectivity index is 1.47. The van der Waals surface area contributed by atoms with Crippen molar-refractivity contribution in [3.05, 3.63) is 52.2 Å². The Hall–Kier alpha value is -2.84. The number of nitrogens with zero attached hydrogens (tertiary/aromatic N) is 2. The highest BCUT2D eigenvalue weighted by molar-refractivity contribution is 7.89. The summed E-state index contributed by atoms with van der Waals surface area (Å²) in [5.74, 6) is -0.360. The molecule has 32 heavy (non-hydrogen) atoms. The first-order chi connectivity index (χ1) is 14.8. The largest absolute Gasteiger partial charge is 0.416 e. The van der Waals surface area contributed by atoms with Crippen LogP contribution in [-0.2, 0) is 29.0 Å². The van der Waals surface area contributed by atoms with E-state index in [1.165, 1.54) is 17.0 Å². The highest BCUT2D eigenvalue weighted by atomic mass is 32.2. The van der Waals surface area contributed by atoms with Gasteiger partial charge in [0.15, 0.2) is 0 Å². The van der Waals surface area contributed by atoms with Crippen LogP contribution in [0.5, 0.6) is 0 Å². The number of likely N-dealkylation sites (tertiary alicyclic amines) is 1. The lowest BCUT2D eigenvalue weighted by molar-refractivity contribution is -0.137. The van der Waals surface area contributed by atoms with E-state index < -0.39 is 33.2 Å². The van der Waals surface area contributed by atoms with Gasteiger partial charge in [-0.05, 0) is 56.0 Å². The maximum Gasteiger partial charge on any atom is 0.416 e. The first-order valence-corrected chi connectivity index (χ1v) is 11.4. The fraction of sp³-hybridized carbons (Fsp3) is 0.429. The summed E-state index contributed by atoms with van der Waals surface area (Å²) in [5.41, 5.74) is 0.355. The number of hydrogen-bond acceptors (Lipinski definition) is 4. The summed E-state index contributed by atoms with van der Waals surface area (Å²) in [6, 6.07) is 6.24. The molecule has 11 heteroatoms. The van der Waals surface area contributed by atoms with Crippen molar-refractivity contribution in [1.29, 1.82) is 5.26 Å². The monoisotopic (exact) mass is 466 g/mol. The zero-order valence-corrected chi connectivity index (χ0v) is 18.2. The standard InChI is InChI=1S/C21H21F3N4O3S/c1-12-17(19(29)28-10-20(2,9-25)11-28)8-18(26-12)32(30,31)27-16-6-13-3-4-15(21(22,23)24)5-14(13)7-16/h3-5,8,16,26-27H,6-7,10-11H2,1-2H3. The molecule has 2 aliphatic rings. The first kappa shape index (κ1) is 22.4. The summed E-state index contributed by atoms with van der Waals surface area (Å²) in [7, 11) is -4.03. The minimum absolute atomic E-state index is 0.143. The van der Waals surface area contributed by atoms with E-state index in [2.05, 4.69) is 15.8 Å². The van der Waals surface area contributed by atoms with Gasteiger partial charge in [-0.2, -0.15) is 18.4 Å². The van der Waals surface area contributed by atoms with Gasteiger partial charge in [0, 0.05) is 24.8 Å². The van der Waals surface area contributed by atoms with E-state index in [-0.39, 0.29) is 42.4 Å². The van der Waals surface area contributed by atoms with Gasteiger partial charge in [-0.1, -0.05) is 6.07 Å². The Morgan fingerprint density at radius 2 is 1.91 bits per heavy atom. The van der Waals surface area contributed by atoms with E-state index in [1.807, 2.05) is 0 Å². The SMILES string of the molecule is Cc1[nH]c(S(=O)(=O)NC2Cc3ccc(C(F)(F)F)cc3C2)cc1C(=O)N1CC(C)(C#N)C1. The summed E-state index contributed by atoms with van der Waals surface area (Å²) < 4.78 is 67.1. The molecule has 2 aromatic rings. The van der Waals surface area contributed by atoms with Crippen LogP contribution in [0.2, 0.25) is 0 Å². The second kappa shape index (κ2) is 7.35. The Morgan fingerprint density at radius 1 is 1.25 bits per heavy atom. The lowest BCUT2D eigenvalue weighted by Gasteiger charge is -2.43. The molecule has 0 spiro atoms. The molecule has 0 saturated carbocycles. The fourth-order valence-electron chi connectivity index (χ4n) is 4.24. The van der Waals surface area contributed by atoms with Crippen LogP contribution in [-0.4, -0.2) is 43.3 Å². The number of H-pyrrole nitrogens is 1. The summed E-state index contributed by atoms with van der Waals surface area (Å²) in [4.78, 5) is 16.9. The van der Waals surface area contributed by atoms with Gasteiger partial charge in [0.25, 0.3) is 15.9 Å². The predicted molar refractivity (Wildman–Crippen MR) is 108 cm³/mol. The number of rotatable bonds is 4. The number of fused-ring (bicyclic) bond motifs is 1. The maximum atomic E-state index is 12.9. The van der Waals surface area contributed by atoms with Crippen LogP contribution in [0.4, 0.5) is 13.2 Å². The molecule has 1 aromatic carbocycles. The molecule has 2 heterocycles. The number of sulfonamides is 1. The van der Waals surface area contributed by atoms with E-state index in [1.54, 1.807) is 13.8 Å². The number of halogens is 3. The molecule has 1 aliphatic heterocycles. The average Bonchev–Trinajstić information content (AvgIpc) is 3.26. The highest BCUT2D eigenvalue weighted by Crippen LogP contribution is 2.34. The molecule has 1 atom stereocenters. The summed E-state index contributed by atoms with van der Waals surface area (Å²) in [6.45, 7) is 3.87. The molecule has 170 valence electrons. The van der Waals surface area contributed by atoms with Crippen molar-refractivity contribution >= 4 is 15.9 Å². The number of hydrogen-bond donors (Lipinski definition) is 2. The van der Waals surface area contributed by atoms with E-state index in [0.717, 1.165) is 12.1 Å². The van der Waals surface area contributed by atoms with Crippen molar-refractivity contribution in [2.24, 2.45) is 5.41 Å². The molecule has 1 saturated heterocycles. The number of aromatic amines is 1. The van der Waals surface area contributed by atoms with E-state index in [9.17, 15) is 26.4 Å². The molecule has 2 N–H and O–H groups in total. The number of carbonyl (C=O) groups is 1. The molecule has 0 radical (unpaired) electrons. The molecule has 1 amide bonds. The topological polar surface area (TPSA) is 106 Å². The third-order valence-corrected chi connectivity index (χ3v) is 7.38. The molecule has 0 bridgehead atoms. The van der Waals surface area contributed by atoms with E-state index in [0.29, 0.717) is 16.8 Å². The van der Waals surface area contributed by atoms with Crippen LogP contribution >= 0.6 is 0 Å². The van der Waals surface area contributed by atoms with Crippen molar-refractivity contribution in [1.82, 2.24) is 14.6 Å². The zero-order valence-electron chi connectivity index (χ0n) is 17.4. The smallest absolute Gasteiger partial charge is 0.348 e. The van der Waals surface area contributed by atoms with Crippen molar-refractivity contribution < 1.29 is 26.4 Å². The lowest BCUT2D eigenvalue weighted by atomic mass is 9.83. The van der Waals surface area contributed by atoms with Gasteiger partial charge >= 0.3 is 6.18 Å². The van der Waals surface area contributed by atoms with Gasteiger partial charge < -0.3 is 9.88 Å². The van der Waals surface area contributed by atoms with Crippen LogP contribution in [0.3, 0.4) is 0 Å². The molecular formula is C21H21F3N4O3S. The number of alkyl halides is 3. The Morgan fingerprint density at radius 3 is 2.53 bits per heavy atom. The van der Waals surface area contributed by atoms with Crippen LogP contribution < -0.4 is 4.72 Å². The average molecular weight is 466 g/mol. The fourth-order valence-corrected chi connectivity index (χ4v) is 5.53. The molecule has 1 unspecified atom stereocenters. The van der Waals surface area contributed by atoms with Crippen LogP contribution in [0.1, 0.15) is 39.7 Å². The molecule has 1 aliphatic carbocycles. The van der Waals surface area contributed by atoms with Gasteiger partial charge in [0.1, 0.15) is 5.03 Å². The van der Waals surface area contributed by atoms with Gasteiger partial charge in [-0.15, -0.1) is 0 Å². The van der Waals surface area contributed by atoms with E-state index >= 15 is 0 Å². The van der Waals surface area contributed by atoms with Crippen LogP contribution in [0.25, 0.3) is 0 Å². The summed E-state index contributed by atoms with van der Waals surface area (Å²) in [5, 5.41) is 8.91. The second-order valence-electron chi connectivity index (χ2n) is 8.71. The summed E-state index contributed by atoms with van der Waals surface area (Å²) in [6.07, 6.45) is -4.04. The third-order valence-electron chi connectivity index (χ3n) is 5.93. The Kier molecular flexibility index (Phi) is 5.14. The minimum atomic E-state index is -4.46. The number of carbonyl (C=O) groups excluding carboxylic acids is 1. The summed E-state index contributed by atoms with van der Waals surface area (Å²) >= 11 is 0. The van der Waals surface area contributed by atoms with Crippen molar-refractivity contribution in [3.8, 4) is 6.07 Å². The van der Waals surface area contributed by atoms with Gasteiger partial charge in [-0.25, -0.2) is 13.1 Å². The first-order valence-electron chi connectivity index (χ1n) is 9.93. The van der Waals surface area contributed by atoms with Crippen molar-refractivity contribution in [3.63, 3.8) is 0 Å². The molecule has 1 fully saturated rings. The predicted octanol–water partition coefficient (Wildman–Crippen LogP) is 2.77. The number of amides is 1. The van der Waals surface area contributed by atoms with E-state index in [4.69, 9.17) is 5.26 Å². The number of aromatic nitrogens is 1. The van der Waals surface area contributed by atoms with Crippen LogP contribution in [0, 0.1) is 23.7 Å². The lowest BCUT2D eigenvalue weighted by Crippen LogP contribution is -2.56. The normalized spacial score (nSPS) is 19.9. The Labute approximate surface area is 183 Å². The van der Waals surface area contributed by atoms with Gasteiger partial charge in [0.2, 0.25) is 0 Å². The molecule has 4 rings (SSSR count). The van der Waals surface area contributed by atoms with Crippen LogP contribution in [0.15, 0.2) is 29.3 Å². The molecule has 1 aromatic heterocycles.